The van der Waals surface area contributed by atoms with E-state index in [9.17, 15) is 9.59 Å². The molecule has 1 aromatic heterocycles. The van der Waals surface area contributed by atoms with Crippen molar-refractivity contribution in [3.8, 4) is 5.75 Å². The standard InChI is InChI=1S/C18H18N2O4/c1-11(21)19-8-7-18(22)20-14-10-16-13(9-17(14)23-2)12-5-3-4-6-15(12)24-16/h3-6,9-10H,7-8H2,1-2H3,(H,19,21)(H,20,22). The molecule has 0 radical (unpaired) electrons. The number of carbonyl (C=O) groups excluding carboxylic acids is 2. The third kappa shape index (κ3) is 3.17. The van der Waals surface area contributed by atoms with Crippen LogP contribution in [0.15, 0.2) is 40.8 Å². The van der Waals surface area contributed by atoms with Gasteiger partial charge in [-0.25, -0.2) is 0 Å². The molecule has 2 aromatic carbocycles. The molecular formula is C18H18N2O4. The van der Waals surface area contributed by atoms with E-state index in [1.54, 1.807) is 13.2 Å². The van der Waals surface area contributed by atoms with Gasteiger partial charge in [-0.2, -0.15) is 0 Å². The van der Waals surface area contributed by atoms with Gasteiger partial charge in [0.25, 0.3) is 0 Å². The number of ether oxygens (including phenoxy) is 1. The van der Waals surface area contributed by atoms with Crippen LogP contribution in [-0.4, -0.2) is 25.5 Å². The summed E-state index contributed by atoms with van der Waals surface area (Å²) in [7, 11) is 1.55. The summed E-state index contributed by atoms with van der Waals surface area (Å²) < 4.78 is 11.2. The van der Waals surface area contributed by atoms with Crippen LogP contribution >= 0.6 is 0 Å². The van der Waals surface area contributed by atoms with Crippen molar-refractivity contribution >= 4 is 39.4 Å². The zero-order valence-electron chi connectivity index (χ0n) is 13.5. The van der Waals surface area contributed by atoms with Crippen LogP contribution in [0.4, 0.5) is 5.69 Å². The minimum absolute atomic E-state index is 0.163. The van der Waals surface area contributed by atoms with Crippen molar-refractivity contribution in [1.29, 1.82) is 0 Å². The number of rotatable bonds is 5. The number of para-hydroxylation sites is 1. The van der Waals surface area contributed by atoms with Gasteiger partial charge in [-0.15, -0.1) is 0 Å². The van der Waals surface area contributed by atoms with Gasteiger partial charge in [0.2, 0.25) is 11.8 Å². The van der Waals surface area contributed by atoms with Gasteiger partial charge in [0.1, 0.15) is 16.9 Å². The summed E-state index contributed by atoms with van der Waals surface area (Å²) in [6.07, 6.45) is 0.181. The fraction of sp³-hybridized carbons (Fsp3) is 0.222. The molecule has 124 valence electrons. The van der Waals surface area contributed by atoms with Crippen molar-refractivity contribution in [2.75, 3.05) is 19.0 Å². The van der Waals surface area contributed by atoms with Crippen molar-refractivity contribution < 1.29 is 18.7 Å². The normalized spacial score (nSPS) is 10.8. The molecule has 1 heterocycles. The molecule has 0 aliphatic rings. The number of fused-ring (bicyclic) bond motifs is 3. The van der Waals surface area contributed by atoms with Crippen molar-refractivity contribution in [2.24, 2.45) is 0 Å². The molecule has 24 heavy (non-hydrogen) atoms. The maximum atomic E-state index is 12.0. The number of amides is 2. The van der Waals surface area contributed by atoms with Crippen molar-refractivity contribution in [2.45, 2.75) is 13.3 Å². The second-order valence-electron chi connectivity index (χ2n) is 5.43. The van der Waals surface area contributed by atoms with E-state index in [4.69, 9.17) is 9.15 Å². The van der Waals surface area contributed by atoms with Crippen LogP contribution in [0, 0.1) is 0 Å². The van der Waals surface area contributed by atoms with E-state index in [0.29, 0.717) is 17.0 Å². The molecular weight excluding hydrogens is 308 g/mol. The average Bonchev–Trinajstić information content (AvgIpc) is 2.91. The van der Waals surface area contributed by atoms with Crippen molar-refractivity contribution in [1.82, 2.24) is 5.32 Å². The largest absolute Gasteiger partial charge is 0.495 e. The molecule has 0 saturated heterocycles. The first kappa shape index (κ1) is 15.9. The van der Waals surface area contributed by atoms with E-state index in [1.807, 2.05) is 30.3 Å². The van der Waals surface area contributed by atoms with Crippen LogP contribution in [0.25, 0.3) is 21.9 Å². The molecule has 6 nitrogen and oxygen atoms in total. The van der Waals surface area contributed by atoms with Gasteiger partial charge in [-0.3, -0.25) is 9.59 Å². The molecule has 0 fully saturated rings. The van der Waals surface area contributed by atoms with Crippen LogP contribution in [-0.2, 0) is 9.59 Å². The van der Waals surface area contributed by atoms with Gasteiger partial charge >= 0.3 is 0 Å². The van der Waals surface area contributed by atoms with E-state index in [1.165, 1.54) is 6.92 Å². The summed E-state index contributed by atoms with van der Waals surface area (Å²) >= 11 is 0. The summed E-state index contributed by atoms with van der Waals surface area (Å²) in [5.41, 5.74) is 2.00. The highest BCUT2D eigenvalue weighted by Gasteiger charge is 2.14. The van der Waals surface area contributed by atoms with Crippen LogP contribution in [0.3, 0.4) is 0 Å². The zero-order chi connectivity index (χ0) is 17.1. The van der Waals surface area contributed by atoms with Crippen LogP contribution in [0.5, 0.6) is 5.75 Å². The third-order valence-electron chi connectivity index (χ3n) is 3.70. The van der Waals surface area contributed by atoms with Crippen molar-refractivity contribution in [3.63, 3.8) is 0 Å². The molecule has 2 N–H and O–H groups in total. The number of furan rings is 1. The molecule has 0 spiro atoms. The predicted octanol–water partition coefficient (Wildman–Crippen LogP) is 3.06. The number of anilines is 1. The second kappa shape index (κ2) is 6.62. The lowest BCUT2D eigenvalue weighted by Crippen LogP contribution is -2.25. The number of hydrogen-bond acceptors (Lipinski definition) is 4. The number of methoxy groups -OCH3 is 1. The van der Waals surface area contributed by atoms with E-state index in [0.717, 1.165) is 16.4 Å². The van der Waals surface area contributed by atoms with Gasteiger partial charge in [0.15, 0.2) is 0 Å². The van der Waals surface area contributed by atoms with E-state index in [2.05, 4.69) is 10.6 Å². The van der Waals surface area contributed by atoms with Gasteiger partial charge in [-0.05, 0) is 12.1 Å². The Hall–Kier alpha value is -3.02. The molecule has 0 atom stereocenters. The zero-order valence-corrected chi connectivity index (χ0v) is 13.5. The maximum absolute atomic E-state index is 12.0. The SMILES string of the molecule is COc1cc2c(cc1NC(=O)CCNC(C)=O)oc1ccccc12. The second-order valence-corrected chi connectivity index (χ2v) is 5.43. The van der Waals surface area contributed by atoms with E-state index in [-0.39, 0.29) is 24.8 Å². The average molecular weight is 326 g/mol. The highest BCUT2D eigenvalue weighted by molar-refractivity contribution is 6.07. The van der Waals surface area contributed by atoms with Crippen LogP contribution in [0.1, 0.15) is 13.3 Å². The molecule has 6 heteroatoms. The molecule has 0 saturated carbocycles. The molecule has 3 rings (SSSR count). The highest BCUT2D eigenvalue weighted by Crippen LogP contribution is 2.36. The lowest BCUT2D eigenvalue weighted by molar-refractivity contribution is -0.119. The third-order valence-corrected chi connectivity index (χ3v) is 3.70. The number of carbonyl (C=O) groups is 2. The van der Waals surface area contributed by atoms with Crippen molar-refractivity contribution in [3.05, 3.63) is 36.4 Å². The number of benzene rings is 2. The smallest absolute Gasteiger partial charge is 0.226 e. The fourth-order valence-electron chi connectivity index (χ4n) is 2.58. The Labute approximate surface area is 138 Å². The lowest BCUT2D eigenvalue weighted by Gasteiger charge is -2.10. The minimum atomic E-state index is -0.211. The first-order valence-electron chi connectivity index (χ1n) is 7.62. The summed E-state index contributed by atoms with van der Waals surface area (Å²) in [4.78, 5) is 22.9. The minimum Gasteiger partial charge on any atom is -0.495 e. The molecule has 0 aliphatic carbocycles. The Bertz CT molecular complexity index is 914. The Kier molecular flexibility index (Phi) is 4.37. The maximum Gasteiger partial charge on any atom is 0.226 e. The van der Waals surface area contributed by atoms with Gasteiger partial charge in [0, 0.05) is 36.7 Å². The fourth-order valence-corrected chi connectivity index (χ4v) is 2.58. The Morgan fingerprint density at radius 1 is 1.12 bits per heavy atom. The molecule has 0 aliphatic heterocycles. The quantitative estimate of drug-likeness (QED) is 0.755. The summed E-state index contributed by atoms with van der Waals surface area (Å²) in [6.45, 7) is 1.70. The number of nitrogens with one attached hydrogen (secondary N) is 2. The van der Waals surface area contributed by atoms with Gasteiger partial charge < -0.3 is 19.8 Å². The van der Waals surface area contributed by atoms with E-state index >= 15 is 0 Å². The highest BCUT2D eigenvalue weighted by atomic mass is 16.5. The summed E-state index contributed by atoms with van der Waals surface area (Å²) in [6, 6.07) is 11.3. The lowest BCUT2D eigenvalue weighted by atomic mass is 10.1. The predicted molar refractivity (Wildman–Crippen MR) is 92.2 cm³/mol. The molecule has 2 amide bonds. The first-order valence-corrected chi connectivity index (χ1v) is 7.62. The molecule has 3 aromatic rings. The summed E-state index contributed by atoms with van der Waals surface area (Å²) in [5, 5.41) is 7.31. The monoisotopic (exact) mass is 326 g/mol. The topological polar surface area (TPSA) is 80.6 Å². The Morgan fingerprint density at radius 2 is 1.92 bits per heavy atom. The Morgan fingerprint density at radius 3 is 2.67 bits per heavy atom. The van der Waals surface area contributed by atoms with Gasteiger partial charge in [-0.1, -0.05) is 18.2 Å². The Balaban J connectivity index is 1.88. The van der Waals surface area contributed by atoms with E-state index < -0.39 is 0 Å². The summed E-state index contributed by atoms with van der Waals surface area (Å²) in [5.74, 6) is 0.184. The van der Waals surface area contributed by atoms with Crippen LogP contribution < -0.4 is 15.4 Å². The van der Waals surface area contributed by atoms with Crippen LogP contribution in [0.2, 0.25) is 0 Å². The number of hydrogen-bond donors (Lipinski definition) is 2. The molecule has 0 bridgehead atoms. The molecule has 0 unspecified atom stereocenters. The first-order chi connectivity index (χ1) is 11.6. The van der Waals surface area contributed by atoms with Gasteiger partial charge in [0.05, 0.1) is 12.8 Å².